The average molecular weight is 452 g/mol. The Morgan fingerprint density at radius 3 is 2.85 bits per heavy atom. The van der Waals surface area contributed by atoms with Crippen LogP contribution in [0.5, 0.6) is 0 Å². The van der Waals surface area contributed by atoms with Crippen molar-refractivity contribution in [1.82, 2.24) is 19.9 Å². The number of benzene rings is 1. The summed E-state index contributed by atoms with van der Waals surface area (Å²) in [5, 5.41) is 3.79. The van der Waals surface area contributed by atoms with Crippen LogP contribution < -0.4 is 16.6 Å². The summed E-state index contributed by atoms with van der Waals surface area (Å²) in [6.45, 7) is 3.94. The topological polar surface area (TPSA) is 125 Å². The molecule has 2 N–H and O–H groups in total. The molecule has 2 saturated heterocycles. The highest BCUT2D eigenvalue weighted by Gasteiger charge is 2.52. The lowest BCUT2D eigenvalue weighted by Gasteiger charge is -2.37. The molecular weight excluding hydrogens is 428 g/mol. The van der Waals surface area contributed by atoms with Crippen molar-refractivity contribution in [1.29, 1.82) is 0 Å². The van der Waals surface area contributed by atoms with Crippen molar-refractivity contribution in [3.05, 3.63) is 75.2 Å². The van der Waals surface area contributed by atoms with Crippen LogP contribution in [0.1, 0.15) is 30.2 Å². The van der Waals surface area contributed by atoms with Gasteiger partial charge in [0.15, 0.2) is 5.79 Å². The van der Waals surface area contributed by atoms with Crippen molar-refractivity contribution < 1.29 is 19.0 Å². The number of carbonyl (C=O) groups excluding carboxylic acids is 1. The first-order chi connectivity index (χ1) is 15.8. The number of rotatable bonds is 4. The molecule has 2 aromatic heterocycles. The summed E-state index contributed by atoms with van der Waals surface area (Å²) in [6, 6.07) is 9.84. The fraction of sp³-hybridized carbons (Fsp3) is 0.391. The maximum absolute atomic E-state index is 12.8. The number of H-pyrrole nitrogens is 1. The van der Waals surface area contributed by atoms with Crippen LogP contribution in [-0.2, 0) is 14.2 Å². The van der Waals surface area contributed by atoms with Crippen LogP contribution >= 0.6 is 0 Å². The number of pyridine rings is 1. The Bertz CT molecular complexity index is 1320. The minimum Gasteiger partial charge on any atom is -0.371 e. The van der Waals surface area contributed by atoms with E-state index >= 15 is 0 Å². The van der Waals surface area contributed by atoms with Crippen molar-refractivity contribution in [3.63, 3.8) is 0 Å². The lowest BCUT2D eigenvalue weighted by atomic mass is 9.97. The molecule has 1 aromatic carbocycles. The largest absolute Gasteiger partial charge is 0.371 e. The quantitative estimate of drug-likeness (QED) is 0.604. The molecule has 4 atom stereocenters. The second kappa shape index (κ2) is 8.22. The summed E-state index contributed by atoms with van der Waals surface area (Å²) in [5.74, 6) is -1.13. The molecule has 0 radical (unpaired) electrons. The summed E-state index contributed by atoms with van der Waals surface area (Å²) in [5.41, 5.74) is 0.318. The monoisotopic (exact) mass is 452 g/mol. The Labute approximate surface area is 188 Å². The molecule has 3 aromatic rings. The predicted octanol–water partition coefficient (Wildman–Crippen LogP) is 0.975. The van der Waals surface area contributed by atoms with Crippen molar-refractivity contribution in [2.45, 2.75) is 44.0 Å². The van der Waals surface area contributed by atoms with Crippen LogP contribution in [0, 0.1) is 0 Å². The van der Waals surface area contributed by atoms with Gasteiger partial charge in [0.25, 0.3) is 11.5 Å². The molecule has 2 aliphatic rings. The van der Waals surface area contributed by atoms with E-state index in [0.29, 0.717) is 5.56 Å². The molecule has 1 amide bonds. The molecule has 5 rings (SSSR count). The summed E-state index contributed by atoms with van der Waals surface area (Å²) >= 11 is 0. The Morgan fingerprint density at radius 2 is 2.03 bits per heavy atom. The number of nitrogens with zero attached hydrogens (tertiary/aromatic N) is 2. The standard InChI is InChI=1S/C23H24N4O6/c1-23(2)32-19-16(27-9-7-18(28)26-22(27)30)12-31-17(20(19)33-23)11-25-21(29)14-5-6-15-13(10-14)4-3-8-24-15/h3-10,16-17,19-20H,11-12H2,1-2H3,(H,25,29)(H,26,28,30)/t16-,17-,19+,20-/m1/s1. The fourth-order valence-corrected chi connectivity index (χ4v) is 4.43. The molecule has 33 heavy (non-hydrogen) atoms. The van der Waals surface area contributed by atoms with E-state index in [1.807, 2.05) is 12.1 Å². The minimum absolute atomic E-state index is 0.161. The summed E-state index contributed by atoms with van der Waals surface area (Å²) in [7, 11) is 0. The van der Waals surface area contributed by atoms with Gasteiger partial charge in [-0.05, 0) is 38.1 Å². The van der Waals surface area contributed by atoms with E-state index < -0.39 is 41.4 Å². The number of aromatic nitrogens is 3. The first-order valence-corrected chi connectivity index (χ1v) is 10.7. The van der Waals surface area contributed by atoms with Crippen LogP contribution in [-0.4, -0.2) is 57.7 Å². The number of aromatic amines is 1. The summed E-state index contributed by atoms with van der Waals surface area (Å²) in [6.07, 6.45) is 1.65. The van der Waals surface area contributed by atoms with Gasteiger partial charge in [0.1, 0.15) is 18.3 Å². The number of amides is 1. The van der Waals surface area contributed by atoms with Crippen LogP contribution in [0.25, 0.3) is 10.9 Å². The molecule has 0 spiro atoms. The first kappa shape index (κ1) is 21.5. The number of fused-ring (bicyclic) bond motifs is 2. The Balaban J connectivity index is 1.32. The Kier molecular flexibility index (Phi) is 5.35. The molecule has 172 valence electrons. The van der Waals surface area contributed by atoms with Crippen LogP contribution in [0.4, 0.5) is 0 Å². The van der Waals surface area contributed by atoms with Gasteiger partial charge in [0, 0.05) is 36.0 Å². The zero-order valence-corrected chi connectivity index (χ0v) is 18.2. The molecule has 0 aliphatic carbocycles. The molecule has 0 bridgehead atoms. The summed E-state index contributed by atoms with van der Waals surface area (Å²) < 4.78 is 19.6. The molecule has 10 heteroatoms. The third-order valence-corrected chi connectivity index (χ3v) is 5.93. The number of carbonyl (C=O) groups is 1. The van der Waals surface area contributed by atoms with E-state index in [9.17, 15) is 14.4 Å². The van der Waals surface area contributed by atoms with E-state index in [0.717, 1.165) is 10.9 Å². The van der Waals surface area contributed by atoms with Gasteiger partial charge in [0.2, 0.25) is 0 Å². The molecular formula is C23H24N4O6. The fourth-order valence-electron chi connectivity index (χ4n) is 4.43. The first-order valence-electron chi connectivity index (χ1n) is 10.7. The predicted molar refractivity (Wildman–Crippen MR) is 118 cm³/mol. The second-order valence-electron chi connectivity index (χ2n) is 8.64. The lowest BCUT2D eigenvalue weighted by molar-refractivity contribution is -0.153. The molecule has 0 saturated carbocycles. The van der Waals surface area contributed by atoms with Crippen molar-refractivity contribution in [2.24, 2.45) is 0 Å². The Morgan fingerprint density at radius 1 is 1.21 bits per heavy atom. The molecule has 0 unspecified atom stereocenters. The van der Waals surface area contributed by atoms with E-state index in [2.05, 4.69) is 15.3 Å². The molecule has 2 fully saturated rings. The molecule has 4 heterocycles. The second-order valence-corrected chi connectivity index (χ2v) is 8.64. The van der Waals surface area contributed by atoms with Gasteiger partial charge >= 0.3 is 5.69 Å². The van der Waals surface area contributed by atoms with E-state index in [1.165, 1.54) is 16.8 Å². The van der Waals surface area contributed by atoms with Gasteiger partial charge < -0.3 is 19.5 Å². The van der Waals surface area contributed by atoms with Gasteiger partial charge in [-0.2, -0.15) is 0 Å². The zero-order valence-electron chi connectivity index (χ0n) is 18.2. The van der Waals surface area contributed by atoms with Gasteiger partial charge in [-0.15, -0.1) is 0 Å². The highest BCUT2D eigenvalue weighted by Crippen LogP contribution is 2.39. The van der Waals surface area contributed by atoms with Gasteiger partial charge in [-0.3, -0.25) is 24.1 Å². The SMILES string of the molecule is CC1(C)O[C@@H]2[C@H](O1)[C@@H](CNC(=O)c1ccc3ncccc3c1)OC[C@H]2n1ccc(=O)[nH]c1=O. The normalized spacial score (nSPS) is 26.1. The minimum atomic E-state index is -0.888. The van der Waals surface area contributed by atoms with Crippen molar-refractivity contribution in [3.8, 4) is 0 Å². The van der Waals surface area contributed by atoms with Gasteiger partial charge in [-0.1, -0.05) is 6.07 Å². The van der Waals surface area contributed by atoms with Gasteiger partial charge in [-0.25, -0.2) is 4.79 Å². The van der Waals surface area contributed by atoms with Crippen LogP contribution in [0.15, 0.2) is 58.4 Å². The molecule has 10 nitrogen and oxygen atoms in total. The van der Waals surface area contributed by atoms with E-state index in [-0.39, 0.29) is 19.1 Å². The molecule has 2 aliphatic heterocycles. The number of nitrogens with one attached hydrogen (secondary N) is 2. The number of hydrogen-bond acceptors (Lipinski definition) is 7. The van der Waals surface area contributed by atoms with Crippen molar-refractivity contribution >= 4 is 16.8 Å². The summed E-state index contributed by atoms with van der Waals surface area (Å²) in [4.78, 5) is 43.1. The third-order valence-electron chi connectivity index (χ3n) is 5.93. The Hall–Kier alpha value is -3.34. The van der Waals surface area contributed by atoms with Crippen LogP contribution in [0.3, 0.4) is 0 Å². The maximum atomic E-state index is 12.8. The number of hydrogen-bond donors (Lipinski definition) is 2. The average Bonchev–Trinajstić information content (AvgIpc) is 3.12. The smallest absolute Gasteiger partial charge is 0.328 e. The maximum Gasteiger partial charge on any atom is 0.328 e. The van der Waals surface area contributed by atoms with E-state index in [1.54, 1.807) is 38.2 Å². The zero-order chi connectivity index (χ0) is 23.2. The third kappa shape index (κ3) is 4.20. The highest BCUT2D eigenvalue weighted by molar-refractivity contribution is 5.97. The van der Waals surface area contributed by atoms with Crippen molar-refractivity contribution in [2.75, 3.05) is 13.2 Å². The highest BCUT2D eigenvalue weighted by atomic mass is 16.8. The van der Waals surface area contributed by atoms with Gasteiger partial charge in [0.05, 0.1) is 18.2 Å². The van der Waals surface area contributed by atoms with E-state index in [4.69, 9.17) is 14.2 Å². The lowest BCUT2D eigenvalue weighted by Crippen LogP contribution is -2.54. The number of ether oxygens (including phenoxy) is 3. The van der Waals surface area contributed by atoms with Crippen LogP contribution in [0.2, 0.25) is 0 Å².